The highest BCUT2D eigenvalue weighted by atomic mass is 79.9. The quantitative estimate of drug-likeness (QED) is 0.0710. The van der Waals surface area contributed by atoms with Gasteiger partial charge in [-0.2, -0.15) is 0 Å². The molecule has 21 heteroatoms. The van der Waals surface area contributed by atoms with Crippen molar-refractivity contribution < 1.29 is 32.4 Å². The van der Waals surface area contributed by atoms with Crippen molar-refractivity contribution in [2.24, 2.45) is 5.14 Å². The zero-order valence-corrected chi connectivity index (χ0v) is 39.3. The Kier molecular flexibility index (Phi) is 19.2. The van der Waals surface area contributed by atoms with Crippen LogP contribution in [0.25, 0.3) is 16.2 Å². The summed E-state index contributed by atoms with van der Waals surface area (Å²) in [6.45, 7) is 13.6. The van der Waals surface area contributed by atoms with Crippen LogP contribution in [-0.4, -0.2) is 67.8 Å². The standard InChI is InChI=1S/C14H15N5O3S2.C12H14BrNO2.C12H15NO2.C3H5N3S/c1-8(16-9(2)20)10-3-5-11(6-4-10)12-7-19-13(17-12)23-14(18-19)24(15,21)22;1-8(14-9(2)15)10-3-5-11(6-4-10)12(16)7-13;1-8(13-10(3)15)11-4-6-12(7-5-11)9(2)14;1-2-5-6-3(4)7-2/h3-8H,1-2H3,(H,16,20)(H2,15,21,22);3-6,8H,7H2,1-2H3,(H,14,15);4-8H,1-3H3,(H,13,15);1H3,(H2,4,6)/t3*8-;/m100./s1. The van der Waals surface area contributed by atoms with E-state index in [2.05, 4.69) is 52.2 Å². The van der Waals surface area contributed by atoms with Crippen molar-refractivity contribution in [2.75, 3.05) is 11.1 Å². The molecule has 3 amide bonds. The van der Waals surface area contributed by atoms with Crippen LogP contribution >= 0.6 is 38.6 Å². The highest BCUT2D eigenvalue weighted by Gasteiger charge is 2.17. The molecule has 17 nitrogen and oxygen atoms in total. The maximum Gasteiger partial charge on any atom is 0.267 e. The van der Waals surface area contributed by atoms with Crippen LogP contribution in [0.1, 0.15) is 109 Å². The Bertz CT molecular complexity index is 2530. The highest BCUT2D eigenvalue weighted by molar-refractivity contribution is 9.09. The molecule has 0 aliphatic rings. The molecule has 3 heterocycles. The van der Waals surface area contributed by atoms with Crippen LogP contribution in [0.4, 0.5) is 5.13 Å². The fourth-order valence-electron chi connectivity index (χ4n) is 5.40. The number of nitrogens with two attached hydrogens (primary N) is 2. The van der Waals surface area contributed by atoms with Gasteiger partial charge in [0.15, 0.2) is 11.6 Å². The maximum absolute atomic E-state index is 11.4. The van der Waals surface area contributed by atoms with Crippen molar-refractivity contribution in [2.45, 2.75) is 77.9 Å². The van der Waals surface area contributed by atoms with E-state index in [1.54, 1.807) is 30.5 Å². The summed E-state index contributed by atoms with van der Waals surface area (Å²) in [6, 6.07) is 22.0. The molecule has 62 heavy (non-hydrogen) atoms. The Hall–Kier alpha value is -5.74. The number of nitrogen functional groups attached to an aromatic ring is 1. The Morgan fingerprint density at radius 1 is 0.710 bits per heavy atom. The van der Waals surface area contributed by atoms with Crippen LogP contribution in [0.2, 0.25) is 0 Å². The number of nitrogens with zero attached hydrogens (tertiary/aromatic N) is 5. The molecule has 0 saturated carbocycles. The Morgan fingerprint density at radius 2 is 1.15 bits per heavy atom. The summed E-state index contributed by atoms with van der Waals surface area (Å²) in [6.07, 6.45) is 1.65. The molecule has 0 spiro atoms. The van der Waals surface area contributed by atoms with Crippen LogP contribution in [0.5, 0.6) is 0 Å². The van der Waals surface area contributed by atoms with E-state index in [1.807, 2.05) is 76.2 Å². The van der Waals surface area contributed by atoms with Crippen LogP contribution in [-0.2, 0) is 24.4 Å². The van der Waals surface area contributed by atoms with Gasteiger partial charge in [0.05, 0.1) is 35.3 Å². The monoisotopic (exact) mass is 968 g/mol. The predicted octanol–water partition coefficient (Wildman–Crippen LogP) is 6.28. The zero-order chi connectivity index (χ0) is 46.3. The molecule has 0 unspecified atom stereocenters. The minimum absolute atomic E-state index is 0.0245. The van der Waals surface area contributed by atoms with Gasteiger partial charge in [-0.1, -0.05) is 111 Å². The lowest BCUT2D eigenvalue weighted by atomic mass is 10.0. The topological polar surface area (TPSA) is 264 Å². The number of carbonyl (C=O) groups is 5. The average molecular weight is 970 g/mol. The molecule has 0 aliphatic heterocycles. The summed E-state index contributed by atoms with van der Waals surface area (Å²) in [5.41, 5.74) is 11.1. The summed E-state index contributed by atoms with van der Waals surface area (Å²) in [7, 11) is -3.83. The van der Waals surface area contributed by atoms with Crippen LogP contribution in [0.15, 0.2) is 83.3 Å². The van der Waals surface area contributed by atoms with E-state index in [1.165, 1.54) is 43.5 Å². The lowest BCUT2D eigenvalue weighted by Gasteiger charge is -2.12. The molecule has 3 aromatic carbocycles. The molecule has 0 saturated heterocycles. The number of hydrogen-bond acceptors (Lipinski definition) is 14. The van der Waals surface area contributed by atoms with Crippen molar-refractivity contribution in [3.8, 4) is 11.3 Å². The number of sulfonamides is 1. The minimum Gasteiger partial charge on any atom is -0.374 e. The van der Waals surface area contributed by atoms with Gasteiger partial charge in [-0.15, -0.1) is 15.3 Å². The van der Waals surface area contributed by atoms with E-state index in [-0.39, 0.29) is 51.8 Å². The number of alkyl halides is 1. The van der Waals surface area contributed by atoms with Gasteiger partial charge < -0.3 is 21.7 Å². The molecule has 7 N–H and O–H groups in total. The largest absolute Gasteiger partial charge is 0.374 e. The fourth-order valence-corrected chi connectivity index (χ4v) is 7.69. The van der Waals surface area contributed by atoms with Gasteiger partial charge in [0.25, 0.3) is 10.0 Å². The molecule has 3 atom stereocenters. The number of hydrogen-bond donors (Lipinski definition) is 5. The number of fused-ring (bicyclic) bond motifs is 1. The van der Waals surface area contributed by atoms with Crippen molar-refractivity contribution >= 4 is 88.0 Å². The van der Waals surface area contributed by atoms with Gasteiger partial charge in [0, 0.05) is 37.5 Å². The molecule has 6 rings (SSSR count). The van der Waals surface area contributed by atoms with Gasteiger partial charge >= 0.3 is 0 Å². The SMILES string of the molecule is CC(=O)N[C@@H](C)c1ccc(C(=O)CBr)cc1.CC(=O)N[C@@H](C)c1ccc(C(C)=O)cc1.CC(=O)N[C@H](C)c1ccc(-c2cn3nc(S(N)(=O)=O)sc3n2)cc1.Cc1nnc(N)s1. The Labute approximate surface area is 376 Å². The van der Waals surface area contributed by atoms with Gasteiger partial charge in [-0.05, 0) is 51.3 Å². The third-order valence-electron chi connectivity index (χ3n) is 8.45. The third kappa shape index (κ3) is 16.3. The van der Waals surface area contributed by atoms with E-state index in [4.69, 9.17) is 10.9 Å². The van der Waals surface area contributed by atoms with Gasteiger partial charge in [0.1, 0.15) is 5.01 Å². The van der Waals surface area contributed by atoms with E-state index >= 15 is 0 Å². The first-order chi connectivity index (χ1) is 29.1. The number of nitrogens with one attached hydrogen (secondary N) is 3. The van der Waals surface area contributed by atoms with E-state index in [9.17, 15) is 32.4 Å². The van der Waals surface area contributed by atoms with Gasteiger partial charge in [-0.3, -0.25) is 24.0 Å². The Balaban J connectivity index is 0.000000237. The number of benzene rings is 3. The van der Waals surface area contributed by atoms with Crippen LogP contribution < -0.4 is 26.8 Å². The Morgan fingerprint density at radius 3 is 1.47 bits per heavy atom. The molecular formula is C41H49BrN10O7S3. The second kappa shape index (κ2) is 23.5. The number of primary sulfonamides is 1. The first kappa shape index (κ1) is 50.6. The molecule has 6 aromatic rings. The minimum atomic E-state index is -3.83. The number of imidazole rings is 1. The van der Waals surface area contributed by atoms with Gasteiger partial charge in [-0.25, -0.2) is 23.1 Å². The number of Topliss-reactive ketones (excluding diaryl/α,β-unsaturated/α-hetero) is 2. The second-order valence-electron chi connectivity index (χ2n) is 13.7. The predicted molar refractivity (Wildman–Crippen MR) is 244 cm³/mol. The molecule has 0 fully saturated rings. The lowest BCUT2D eigenvalue weighted by Crippen LogP contribution is -2.23. The fraction of sp³-hybridized carbons (Fsp3) is 0.293. The van der Waals surface area contributed by atoms with E-state index in [0.29, 0.717) is 32.2 Å². The molecule has 0 bridgehead atoms. The average Bonchev–Trinajstić information content (AvgIpc) is 3.92. The highest BCUT2D eigenvalue weighted by Crippen LogP contribution is 2.25. The first-order valence-electron chi connectivity index (χ1n) is 18.7. The van der Waals surface area contributed by atoms with Crippen molar-refractivity contribution in [3.63, 3.8) is 0 Å². The summed E-state index contributed by atoms with van der Waals surface area (Å²) >= 11 is 5.44. The molecule has 3 aromatic heterocycles. The lowest BCUT2D eigenvalue weighted by molar-refractivity contribution is -0.120. The third-order valence-corrected chi connectivity index (χ3v) is 11.9. The smallest absolute Gasteiger partial charge is 0.267 e. The molecule has 330 valence electrons. The van der Waals surface area contributed by atoms with Crippen LogP contribution in [0.3, 0.4) is 0 Å². The number of anilines is 1. The zero-order valence-electron chi connectivity index (χ0n) is 35.3. The number of rotatable bonds is 11. The maximum atomic E-state index is 11.4. The van der Waals surface area contributed by atoms with Crippen molar-refractivity contribution in [1.82, 2.24) is 40.7 Å². The summed E-state index contributed by atoms with van der Waals surface area (Å²) < 4.78 is 23.8. The molecule has 0 radical (unpaired) electrons. The number of carbonyl (C=O) groups excluding carboxylic acids is 5. The number of aryl methyl sites for hydroxylation is 1. The van der Waals surface area contributed by atoms with Gasteiger partial charge in [0.2, 0.25) is 32.2 Å². The summed E-state index contributed by atoms with van der Waals surface area (Å²) in [4.78, 5) is 60.0. The van der Waals surface area contributed by atoms with Crippen molar-refractivity contribution in [1.29, 1.82) is 0 Å². The summed E-state index contributed by atoms with van der Waals surface area (Å²) in [5.74, 6) is -0.101. The number of aromatic nitrogens is 5. The molecule has 0 aliphatic carbocycles. The van der Waals surface area contributed by atoms with E-state index in [0.717, 1.165) is 38.6 Å². The first-order valence-corrected chi connectivity index (χ1v) is 23.0. The van der Waals surface area contributed by atoms with Crippen molar-refractivity contribution in [3.05, 3.63) is 112 Å². The summed E-state index contributed by atoms with van der Waals surface area (Å²) in [5, 5.41) is 26.4. The number of amides is 3. The number of ketones is 2. The number of halogens is 1. The normalized spacial score (nSPS) is 12.1. The molecular weight excluding hydrogens is 921 g/mol. The van der Waals surface area contributed by atoms with Crippen LogP contribution in [0, 0.1) is 6.92 Å². The van der Waals surface area contributed by atoms with E-state index < -0.39 is 10.0 Å². The second-order valence-corrected chi connectivity index (χ2v) is 18.1.